The van der Waals surface area contributed by atoms with Crippen LogP contribution in [0, 0.1) is 13.8 Å². The van der Waals surface area contributed by atoms with Crippen LogP contribution in [0.4, 0.5) is 11.5 Å². The lowest BCUT2D eigenvalue weighted by atomic mass is 10.0. The summed E-state index contributed by atoms with van der Waals surface area (Å²) < 4.78 is 0. The van der Waals surface area contributed by atoms with Gasteiger partial charge in [-0.15, -0.1) is 11.3 Å². The Labute approximate surface area is 139 Å². The van der Waals surface area contributed by atoms with Crippen LogP contribution in [0.2, 0.25) is 5.28 Å². The Bertz CT molecular complexity index is 822. The van der Waals surface area contributed by atoms with Gasteiger partial charge in [-0.3, -0.25) is 0 Å². The van der Waals surface area contributed by atoms with Gasteiger partial charge in [0.2, 0.25) is 5.28 Å². The molecule has 3 nitrogen and oxygen atoms in total. The summed E-state index contributed by atoms with van der Waals surface area (Å²) in [6.45, 7) is 8.57. The second-order valence-electron chi connectivity index (χ2n) is 5.71. The summed E-state index contributed by atoms with van der Waals surface area (Å²) in [6, 6.07) is 8.43. The maximum atomic E-state index is 6.06. The fraction of sp³-hybridized carbons (Fsp3) is 0.294. The van der Waals surface area contributed by atoms with Crippen molar-refractivity contribution >= 4 is 44.7 Å². The van der Waals surface area contributed by atoms with Gasteiger partial charge in [0.25, 0.3) is 0 Å². The molecular formula is C17H18ClN3S. The molecule has 0 saturated heterocycles. The van der Waals surface area contributed by atoms with Crippen LogP contribution < -0.4 is 5.32 Å². The number of hydrogen-bond donors (Lipinski definition) is 1. The molecule has 3 rings (SSSR count). The molecule has 0 amide bonds. The predicted molar refractivity (Wildman–Crippen MR) is 95.7 cm³/mol. The van der Waals surface area contributed by atoms with Crippen LogP contribution in [0.25, 0.3) is 10.2 Å². The monoisotopic (exact) mass is 331 g/mol. The summed E-state index contributed by atoms with van der Waals surface area (Å²) in [5, 5.41) is 4.71. The molecule has 5 heteroatoms. The number of fused-ring (bicyclic) bond motifs is 1. The Hall–Kier alpha value is -1.65. The van der Waals surface area contributed by atoms with Crippen LogP contribution in [0.5, 0.6) is 0 Å². The van der Waals surface area contributed by atoms with Crippen LogP contribution in [-0.4, -0.2) is 9.97 Å². The Kier molecular flexibility index (Phi) is 4.06. The Morgan fingerprint density at radius 1 is 1.09 bits per heavy atom. The Morgan fingerprint density at radius 3 is 2.41 bits per heavy atom. The number of aryl methyl sites for hydroxylation is 2. The van der Waals surface area contributed by atoms with Gasteiger partial charge in [0.05, 0.1) is 5.39 Å². The molecule has 1 aromatic carbocycles. The van der Waals surface area contributed by atoms with Gasteiger partial charge < -0.3 is 5.32 Å². The van der Waals surface area contributed by atoms with E-state index in [9.17, 15) is 0 Å². The van der Waals surface area contributed by atoms with Crippen LogP contribution in [-0.2, 0) is 0 Å². The number of rotatable bonds is 3. The molecule has 0 saturated carbocycles. The maximum Gasteiger partial charge on any atom is 0.225 e. The molecule has 0 aliphatic rings. The topological polar surface area (TPSA) is 37.8 Å². The molecule has 3 aromatic rings. The molecule has 2 heterocycles. The van der Waals surface area contributed by atoms with E-state index in [1.54, 1.807) is 11.3 Å². The quantitative estimate of drug-likeness (QED) is 0.614. The second-order valence-corrected chi connectivity index (χ2v) is 7.25. The van der Waals surface area contributed by atoms with Crippen molar-refractivity contribution in [1.29, 1.82) is 0 Å². The Morgan fingerprint density at radius 2 is 1.77 bits per heavy atom. The van der Waals surface area contributed by atoms with Crippen LogP contribution in [0.3, 0.4) is 0 Å². The summed E-state index contributed by atoms with van der Waals surface area (Å²) in [4.78, 5) is 10.9. The summed E-state index contributed by atoms with van der Waals surface area (Å²) >= 11 is 7.71. The van der Waals surface area contributed by atoms with E-state index in [0.29, 0.717) is 5.92 Å². The lowest BCUT2D eigenvalue weighted by molar-refractivity contribution is 0.867. The minimum absolute atomic E-state index is 0.273. The molecule has 0 atom stereocenters. The number of aromatic nitrogens is 2. The van der Waals surface area contributed by atoms with Crippen molar-refractivity contribution in [3.8, 4) is 0 Å². The molecule has 0 aliphatic carbocycles. The van der Waals surface area contributed by atoms with E-state index in [1.807, 2.05) is 0 Å². The molecule has 22 heavy (non-hydrogen) atoms. The first kappa shape index (κ1) is 15.3. The second kappa shape index (κ2) is 5.86. The molecule has 0 spiro atoms. The van der Waals surface area contributed by atoms with Crippen molar-refractivity contribution in [3.63, 3.8) is 0 Å². The fourth-order valence-electron chi connectivity index (χ4n) is 2.40. The normalized spacial score (nSPS) is 11.4. The van der Waals surface area contributed by atoms with E-state index in [-0.39, 0.29) is 5.28 Å². The van der Waals surface area contributed by atoms with Crippen molar-refractivity contribution in [2.75, 3.05) is 5.32 Å². The van der Waals surface area contributed by atoms with E-state index in [4.69, 9.17) is 11.6 Å². The average molecular weight is 332 g/mol. The van der Waals surface area contributed by atoms with Gasteiger partial charge in [-0.25, -0.2) is 4.98 Å². The Balaban J connectivity index is 2.03. The number of nitrogens with one attached hydrogen (secondary N) is 1. The van der Waals surface area contributed by atoms with Gasteiger partial charge in [-0.2, -0.15) is 4.98 Å². The minimum Gasteiger partial charge on any atom is -0.340 e. The highest BCUT2D eigenvalue weighted by Crippen LogP contribution is 2.35. The zero-order valence-electron chi connectivity index (χ0n) is 13.1. The van der Waals surface area contributed by atoms with E-state index in [0.717, 1.165) is 21.7 Å². The van der Waals surface area contributed by atoms with Crippen LogP contribution in [0.1, 0.15) is 35.8 Å². The van der Waals surface area contributed by atoms with Crippen molar-refractivity contribution in [2.45, 2.75) is 33.6 Å². The number of thiophene rings is 1. The molecule has 0 radical (unpaired) electrons. The van der Waals surface area contributed by atoms with Gasteiger partial charge in [0.15, 0.2) is 0 Å². The maximum absolute atomic E-state index is 6.06. The summed E-state index contributed by atoms with van der Waals surface area (Å²) in [5.41, 5.74) is 3.53. The summed E-state index contributed by atoms with van der Waals surface area (Å²) in [6.07, 6.45) is 0. The van der Waals surface area contributed by atoms with Gasteiger partial charge in [-0.05, 0) is 54.6 Å². The molecule has 0 bridgehead atoms. The number of halogens is 1. The van der Waals surface area contributed by atoms with Crippen LogP contribution in [0.15, 0.2) is 24.3 Å². The highest BCUT2D eigenvalue weighted by Gasteiger charge is 2.14. The van der Waals surface area contributed by atoms with Crippen molar-refractivity contribution in [1.82, 2.24) is 9.97 Å². The van der Waals surface area contributed by atoms with Gasteiger partial charge in [0.1, 0.15) is 10.6 Å². The lowest BCUT2D eigenvalue weighted by Crippen LogP contribution is -1.97. The number of benzene rings is 1. The minimum atomic E-state index is 0.273. The van der Waals surface area contributed by atoms with E-state index in [1.165, 1.54) is 16.0 Å². The molecule has 0 unspecified atom stereocenters. The van der Waals surface area contributed by atoms with Gasteiger partial charge in [-0.1, -0.05) is 26.0 Å². The molecule has 114 valence electrons. The van der Waals surface area contributed by atoms with Crippen LogP contribution >= 0.6 is 22.9 Å². The first-order valence-electron chi connectivity index (χ1n) is 7.26. The van der Waals surface area contributed by atoms with E-state index < -0.39 is 0 Å². The molecular weight excluding hydrogens is 314 g/mol. The number of nitrogens with zero attached hydrogens (tertiary/aromatic N) is 2. The largest absolute Gasteiger partial charge is 0.340 e. The first-order valence-corrected chi connectivity index (χ1v) is 8.45. The highest BCUT2D eigenvalue weighted by molar-refractivity contribution is 7.18. The van der Waals surface area contributed by atoms with Gasteiger partial charge in [0, 0.05) is 10.6 Å². The lowest BCUT2D eigenvalue weighted by Gasteiger charge is -2.10. The third-order valence-electron chi connectivity index (χ3n) is 3.84. The fourth-order valence-corrected chi connectivity index (χ4v) is 3.65. The number of hydrogen-bond acceptors (Lipinski definition) is 4. The van der Waals surface area contributed by atoms with Crippen molar-refractivity contribution < 1.29 is 0 Å². The zero-order valence-corrected chi connectivity index (χ0v) is 14.6. The molecule has 1 N–H and O–H groups in total. The highest BCUT2D eigenvalue weighted by atomic mass is 35.5. The smallest absolute Gasteiger partial charge is 0.225 e. The SMILES string of the molecule is Cc1sc2nc(Cl)nc(Nc3ccc(C(C)C)cc3)c2c1C. The zero-order chi connectivity index (χ0) is 15.9. The molecule has 0 aliphatic heterocycles. The standard InChI is InChI=1S/C17H18ClN3S/c1-9(2)12-5-7-13(8-6-12)19-15-14-10(3)11(4)22-16(14)21-17(18)20-15/h5-9H,1-4H3,(H,19,20,21). The molecule has 0 fully saturated rings. The summed E-state index contributed by atoms with van der Waals surface area (Å²) in [5.74, 6) is 1.30. The molecule has 2 aromatic heterocycles. The summed E-state index contributed by atoms with van der Waals surface area (Å²) in [7, 11) is 0. The van der Waals surface area contributed by atoms with E-state index in [2.05, 4.69) is 67.2 Å². The van der Waals surface area contributed by atoms with Gasteiger partial charge >= 0.3 is 0 Å². The predicted octanol–water partition coefficient (Wildman–Crippen LogP) is 5.83. The third-order valence-corrected chi connectivity index (χ3v) is 5.11. The first-order chi connectivity index (χ1) is 10.5. The van der Waals surface area contributed by atoms with Crippen molar-refractivity contribution in [2.24, 2.45) is 0 Å². The average Bonchev–Trinajstić information content (AvgIpc) is 2.74. The third kappa shape index (κ3) is 2.81. The number of anilines is 2. The van der Waals surface area contributed by atoms with Crippen molar-refractivity contribution in [3.05, 3.63) is 45.6 Å². The van der Waals surface area contributed by atoms with E-state index >= 15 is 0 Å².